The van der Waals surface area contributed by atoms with E-state index < -0.39 is 6.09 Å². The number of ether oxygens (including phenoxy) is 1. The number of carbonyl (C=O) groups excluding carboxylic acids is 2. The Balaban J connectivity index is 0.000000798. The van der Waals surface area contributed by atoms with Crippen LogP contribution in [0.1, 0.15) is 63.6 Å². The van der Waals surface area contributed by atoms with E-state index in [1.54, 1.807) is 0 Å². The fourth-order valence-electron chi connectivity index (χ4n) is 3.33. The van der Waals surface area contributed by atoms with Crippen LogP contribution in [0.3, 0.4) is 0 Å². The number of carbonyl (C=O) groups is 2. The normalized spacial score (nSPS) is 10.3. The number of alkyl carbamates (subject to hydrolysis) is 1. The summed E-state index contributed by atoms with van der Waals surface area (Å²) in [5.41, 5.74) is 4.82. The van der Waals surface area contributed by atoms with Gasteiger partial charge in [0.2, 0.25) is 5.91 Å². The lowest BCUT2D eigenvalue weighted by Gasteiger charge is -2.18. The van der Waals surface area contributed by atoms with E-state index in [4.69, 9.17) is 4.74 Å². The Labute approximate surface area is 212 Å². The van der Waals surface area contributed by atoms with E-state index in [0.29, 0.717) is 6.54 Å². The molecule has 0 aromatic heterocycles. The Hall–Kier alpha value is -3.52. The number of unbranched alkanes of at least 4 members (excludes halogenated alkanes) is 1. The van der Waals surface area contributed by atoms with Crippen LogP contribution in [0.4, 0.5) is 4.79 Å². The molecule has 0 aliphatic carbocycles. The van der Waals surface area contributed by atoms with Crippen LogP contribution >= 0.6 is 0 Å². The molecule has 0 heterocycles. The number of benzene rings is 2. The SMILES string of the molecule is C#C.C=C(C)[C@H](CCCCNC(C)=O)NC(=O)OCc1ccccc1.CCc1ccccc1CC. The van der Waals surface area contributed by atoms with Crippen molar-refractivity contribution in [3.8, 4) is 12.8 Å². The van der Waals surface area contributed by atoms with Gasteiger partial charge in [0.25, 0.3) is 0 Å². The van der Waals surface area contributed by atoms with E-state index in [0.717, 1.165) is 43.2 Å². The smallest absolute Gasteiger partial charge is 0.407 e. The quantitative estimate of drug-likeness (QED) is 0.229. The highest BCUT2D eigenvalue weighted by Gasteiger charge is 2.13. The molecule has 190 valence electrons. The lowest BCUT2D eigenvalue weighted by molar-refractivity contribution is -0.118. The van der Waals surface area contributed by atoms with Crippen molar-refractivity contribution in [2.75, 3.05) is 6.54 Å². The molecule has 35 heavy (non-hydrogen) atoms. The van der Waals surface area contributed by atoms with E-state index in [1.807, 2.05) is 37.3 Å². The molecule has 0 aliphatic heterocycles. The van der Waals surface area contributed by atoms with Gasteiger partial charge in [0.15, 0.2) is 0 Å². The number of terminal acetylenes is 1. The number of hydrogen-bond donors (Lipinski definition) is 2. The summed E-state index contributed by atoms with van der Waals surface area (Å²) in [5.74, 6) is -0.0240. The molecule has 0 unspecified atom stereocenters. The van der Waals surface area contributed by atoms with Crippen LogP contribution in [-0.4, -0.2) is 24.6 Å². The van der Waals surface area contributed by atoms with Gasteiger partial charge in [0.05, 0.1) is 6.04 Å². The summed E-state index contributed by atoms with van der Waals surface area (Å²) >= 11 is 0. The van der Waals surface area contributed by atoms with Gasteiger partial charge in [-0.05, 0) is 55.7 Å². The summed E-state index contributed by atoms with van der Waals surface area (Å²) in [5, 5.41) is 5.59. The summed E-state index contributed by atoms with van der Waals surface area (Å²) in [7, 11) is 0. The number of nitrogens with one attached hydrogen (secondary N) is 2. The second-order valence-corrected chi connectivity index (χ2v) is 8.06. The van der Waals surface area contributed by atoms with Gasteiger partial charge in [-0.1, -0.05) is 80.6 Å². The fraction of sp³-hybridized carbons (Fsp3) is 0.400. The van der Waals surface area contributed by atoms with Gasteiger partial charge in [-0.25, -0.2) is 4.79 Å². The van der Waals surface area contributed by atoms with Gasteiger partial charge in [0.1, 0.15) is 6.61 Å². The van der Waals surface area contributed by atoms with Crippen molar-refractivity contribution in [1.82, 2.24) is 10.6 Å². The van der Waals surface area contributed by atoms with Crippen molar-refractivity contribution in [3.63, 3.8) is 0 Å². The average Bonchev–Trinajstić information content (AvgIpc) is 2.88. The molecule has 2 rings (SSSR count). The summed E-state index contributed by atoms with van der Waals surface area (Å²) in [6, 6.07) is 18.1. The van der Waals surface area contributed by atoms with Crippen LogP contribution in [0.15, 0.2) is 66.7 Å². The second kappa shape index (κ2) is 19.9. The highest BCUT2D eigenvalue weighted by molar-refractivity contribution is 5.72. The summed E-state index contributed by atoms with van der Waals surface area (Å²) < 4.78 is 5.22. The van der Waals surface area contributed by atoms with Crippen LogP contribution in [0, 0.1) is 12.8 Å². The van der Waals surface area contributed by atoms with Gasteiger partial charge in [-0.2, -0.15) is 0 Å². The van der Waals surface area contributed by atoms with Crippen molar-refractivity contribution >= 4 is 12.0 Å². The molecule has 2 N–H and O–H groups in total. The third kappa shape index (κ3) is 15.1. The van der Waals surface area contributed by atoms with Gasteiger partial charge in [0, 0.05) is 13.5 Å². The largest absolute Gasteiger partial charge is 0.445 e. The van der Waals surface area contributed by atoms with E-state index in [2.05, 4.69) is 68.2 Å². The zero-order valence-electron chi connectivity index (χ0n) is 21.8. The Morgan fingerprint density at radius 3 is 1.94 bits per heavy atom. The van der Waals surface area contributed by atoms with E-state index in [-0.39, 0.29) is 18.6 Å². The van der Waals surface area contributed by atoms with Crippen LogP contribution in [0.25, 0.3) is 0 Å². The molecule has 0 saturated heterocycles. The summed E-state index contributed by atoms with van der Waals surface area (Å²) in [6.45, 7) is 12.6. The summed E-state index contributed by atoms with van der Waals surface area (Å²) in [6.07, 6.45) is 12.4. The minimum absolute atomic E-state index is 0.0240. The van der Waals surface area contributed by atoms with Crippen LogP contribution < -0.4 is 10.6 Å². The molecular weight excluding hydrogens is 436 g/mol. The zero-order valence-corrected chi connectivity index (χ0v) is 21.8. The molecule has 0 bridgehead atoms. The molecule has 2 aromatic carbocycles. The van der Waals surface area contributed by atoms with Gasteiger partial charge < -0.3 is 15.4 Å². The number of amides is 2. The van der Waals surface area contributed by atoms with E-state index >= 15 is 0 Å². The maximum absolute atomic E-state index is 11.9. The fourth-order valence-corrected chi connectivity index (χ4v) is 3.33. The maximum atomic E-state index is 11.9. The first-order valence-corrected chi connectivity index (χ1v) is 12.1. The molecule has 2 amide bonds. The molecule has 0 spiro atoms. The third-order valence-corrected chi connectivity index (χ3v) is 5.27. The first kappa shape index (κ1) is 31.5. The standard InChI is InChI=1S/C18H26N2O3.C10H14.C2H2/c1-14(2)17(11-7-8-12-19-15(3)21)20-18(22)23-13-16-9-5-4-6-10-16;1-3-9-7-5-6-8-10(9)4-2;1-2/h4-6,9-10,17H,1,7-8,11-13H2,2-3H3,(H,19,21)(H,20,22);5-8H,3-4H2,1-2H3;1-2H/t17-;;/m0../s1. The molecule has 0 fully saturated rings. The van der Waals surface area contributed by atoms with Crippen molar-refractivity contribution in [2.45, 2.75) is 72.4 Å². The first-order valence-electron chi connectivity index (χ1n) is 12.1. The lowest BCUT2D eigenvalue weighted by atomic mass is 10.0. The monoisotopic (exact) mass is 478 g/mol. The van der Waals surface area contributed by atoms with Crippen LogP contribution in [0.2, 0.25) is 0 Å². The first-order chi connectivity index (χ1) is 16.9. The van der Waals surface area contributed by atoms with Crippen molar-refractivity contribution in [1.29, 1.82) is 0 Å². The van der Waals surface area contributed by atoms with Crippen molar-refractivity contribution < 1.29 is 14.3 Å². The molecular formula is C30H42N2O3. The van der Waals surface area contributed by atoms with Crippen molar-refractivity contribution in [2.24, 2.45) is 0 Å². The minimum atomic E-state index is -0.441. The number of aryl methyl sites for hydroxylation is 2. The Kier molecular flexibility index (Phi) is 17.9. The van der Waals surface area contributed by atoms with Gasteiger partial charge in [-0.15, -0.1) is 12.8 Å². The van der Waals surface area contributed by atoms with Crippen LogP contribution in [-0.2, 0) is 29.0 Å². The van der Waals surface area contributed by atoms with E-state index in [1.165, 1.54) is 18.1 Å². The third-order valence-electron chi connectivity index (χ3n) is 5.27. The molecule has 5 nitrogen and oxygen atoms in total. The maximum Gasteiger partial charge on any atom is 0.407 e. The topological polar surface area (TPSA) is 67.4 Å². The molecule has 2 aromatic rings. The predicted molar refractivity (Wildman–Crippen MR) is 146 cm³/mol. The van der Waals surface area contributed by atoms with Gasteiger partial charge in [-0.3, -0.25) is 4.79 Å². The lowest BCUT2D eigenvalue weighted by Crippen LogP contribution is -2.36. The minimum Gasteiger partial charge on any atom is -0.445 e. The van der Waals surface area contributed by atoms with E-state index in [9.17, 15) is 9.59 Å². The average molecular weight is 479 g/mol. The number of rotatable bonds is 11. The molecule has 1 atom stereocenters. The number of hydrogen-bond acceptors (Lipinski definition) is 3. The van der Waals surface area contributed by atoms with Crippen molar-refractivity contribution in [3.05, 3.63) is 83.4 Å². The highest BCUT2D eigenvalue weighted by atomic mass is 16.5. The molecule has 0 aliphatic rings. The molecule has 0 radical (unpaired) electrons. The van der Waals surface area contributed by atoms with Gasteiger partial charge >= 0.3 is 6.09 Å². The zero-order chi connectivity index (χ0) is 26.5. The second-order valence-electron chi connectivity index (χ2n) is 8.06. The Morgan fingerprint density at radius 2 is 1.46 bits per heavy atom. The molecule has 0 saturated carbocycles. The Bertz CT molecular complexity index is 868. The van der Waals surface area contributed by atoms with Crippen LogP contribution in [0.5, 0.6) is 0 Å². The Morgan fingerprint density at radius 1 is 0.914 bits per heavy atom. The molecule has 5 heteroatoms. The summed E-state index contributed by atoms with van der Waals surface area (Å²) in [4.78, 5) is 22.7. The predicted octanol–water partition coefficient (Wildman–Crippen LogP) is 6.22. The highest BCUT2D eigenvalue weighted by Crippen LogP contribution is 2.10.